The van der Waals surface area contributed by atoms with Crippen LogP contribution in [0.2, 0.25) is 0 Å². The Balaban J connectivity index is 3.97. The molecule has 0 bridgehead atoms. The molecular formula is C16H26O2. The molecule has 0 fully saturated rings. The molecule has 0 aliphatic carbocycles. The number of rotatable bonds is 9. The lowest BCUT2D eigenvalue weighted by Gasteiger charge is -2.07. The number of carbonyl (C=O) groups is 1. The summed E-state index contributed by atoms with van der Waals surface area (Å²) in [4.78, 5) is 10.1. The number of aliphatic hydroxyl groups is 1. The zero-order chi connectivity index (χ0) is 13.8. The van der Waals surface area contributed by atoms with Crippen LogP contribution in [-0.2, 0) is 4.79 Å². The van der Waals surface area contributed by atoms with Crippen LogP contribution in [0.5, 0.6) is 0 Å². The quantitative estimate of drug-likeness (QED) is 0.384. The molecule has 0 spiro atoms. The van der Waals surface area contributed by atoms with Crippen molar-refractivity contribution in [3.63, 3.8) is 0 Å². The molecule has 0 heterocycles. The molecule has 1 N–H and O–H groups in total. The lowest BCUT2D eigenvalue weighted by atomic mass is 10.0. The van der Waals surface area contributed by atoms with Gasteiger partial charge in [0.15, 0.2) is 0 Å². The minimum atomic E-state index is -0.500. The number of hydrogen-bond acceptors (Lipinski definition) is 2. The average molecular weight is 250 g/mol. The first-order chi connectivity index (χ1) is 8.61. The van der Waals surface area contributed by atoms with E-state index in [1.54, 1.807) is 6.08 Å². The molecule has 0 saturated carbocycles. The minimum absolute atomic E-state index is 0.488. The second-order valence-electron chi connectivity index (χ2n) is 4.75. The summed E-state index contributed by atoms with van der Waals surface area (Å²) in [7, 11) is 0. The minimum Gasteiger partial charge on any atom is -0.388 e. The highest BCUT2D eigenvalue weighted by Crippen LogP contribution is 2.10. The van der Waals surface area contributed by atoms with Crippen molar-refractivity contribution in [2.75, 3.05) is 0 Å². The van der Waals surface area contributed by atoms with Crippen LogP contribution in [0.15, 0.2) is 36.0 Å². The monoisotopic (exact) mass is 250 g/mol. The van der Waals surface area contributed by atoms with Crippen LogP contribution in [-0.4, -0.2) is 17.5 Å². The lowest BCUT2D eigenvalue weighted by molar-refractivity contribution is -0.104. The van der Waals surface area contributed by atoms with Crippen LogP contribution >= 0.6 is 0 Å². The summed E-state index contributed by atoms with van der Waals surface area (Å²) >= 11 is 0. The summed E-state index contributed by atoms with van der Waals surface area (Å²) in [5.41, 5.74) is 0.922. The highest BCUT2D eigenvalue weighted by Gasteiger charge is 2.02. The summed E-state index contributed by atoms with van der Waals surface area (Å²) in [5, 5.41) is 9.76. The molecule has 0 aromatic carbocycles. The van der Waals surface area contributed by atoms with Gasteiger partial charge in [0.05, 0.1) is 6.10 Å². The van der Waals surface area contributed by atoms with Gasteiger partial charge >= 0.3 is 0 Å². The topological polar surface area (TPSA) is 37.3 Å². The lowest BCUT2D eigenvalue weighted by Crippen LogP contribution is -2.05. The van der Waals surface area contributed by atoms with Gasteiger partial charge in [0.1, 0.15) is 6.29 Å². The van der Waals surface area contributed by atoms with Crippen molar-refractivity contribution in [3.05, 3.63) is 36.0 Å². The van der Waals surface area contributed by atoms with Gasteiger partial charge in [0.2, 0.25) is 0 Å². The fraction of sp³-hybridized carbons (Fsp3) is 0.562. The Labute approximate surface area is 111 Å². The Hall–Kier alpha value is -1.15. The molecule has 0 aromatic heterocycles. The third-order valence-electron chi connectivity index (χ3n) is 3.12. The van der Waals surface area contributed by atoms with Crippen molar-refractivity contribution in [1.82, 2.24) is 0 Å². The average Bonchev–Trinajstić information content (AvgIpc) is 2.37. The Bertz CT molecular complexity index is 300. The zero-order valence-corrected chi connectivity index (χ0v) is 11.8. The Morgan fingerprint density at radius 2 is 2.00 bits per heavy atom. The van der Waals surface area contributed by atoms with Gasteiger partial charge in [-0.2, -0.15) is 0 Å². The van der Waals surface area contributed by atoms with E-state index in [0.29, 0.717) is 6.42 Å². The molecule has 0 unspecified atom stereocenters. The molecule has 0 rings (SSSR count). The molecule has 0 aromatic rings. The molecule has 0 amide bonds. The molecule has 0 aliphatic rings. The van der Waals surface area contributed by atoms with E-state index in [9.17, 15) is 9.90 Å². The molecule has 0 aliphatic heterocycles. The molecule has 2 heteroatoms. The Morgan fingerprint density at radius 1 is 1.28 bits per heavy atom. The van der Waals surface area contributed by atoms with Crippen molar-refractivity contribution < 1.29 is 9.90 Å². The molecule has 102 valence electrons. The van der Waals surface area contributed by atoms with Crippen LogP contribution in [0.3, 0.4) is 0 Å². The van der Waals surface area contributed by atoms with E-state index in [0.717, 1.165) is 24.2 Å². The van der Waals surface area contributed by atoms with Crippen LogP contribution in [0, 0.1) is 5.92 Å². The van der Waals surface area contributed by atoms with Gasteiger partial charge in [-0.15, -0.1) is 0 Å². The van der Waals surface area contributed by atoms with E-state index in [4.69, 9.17) is 0 Å². The van der Waals surface area contributed by atoms with Crippen molar-refractivity contribution in [2.45, 2.75) is 52.6 Å². The maximum absolute atomic E-state index is 10.1. The van der Waals surface area contributed by atoms with Crippen LogP contribution in [0.4, 0.5) is 0 Å². The Kier molecular flexibility index (Phi) is 10.3. The summed E-state index contributed by atoms with van der Waals surface area (Å²) in [6, 6.07) is 0. The normalized spacial score (nSPS) is 16.3. The highest BCUT2D eigenvalue weighted by molar-refractivity contribution is 5.64. The third-order valence-corrected chi connectivity index (χ3v) is 3.12. The van der Waals surface area contributed by atoms with Crippen molar-refractivity contribution in [1.29, 1.82) is 0 Å². The number of carbonyl (C=O) groups excluding carboxylic acids is 1. The number of aldehydes is 1. The van der Waals surface area contributed by atoms with E-state index in [-0.39, 0.29) is 0 Å². The number of allylic oxidation sites excluding steroid dienone is 4. The summed E-state index contributed by atoms with van der Waals surface area (Å²) in [6.07, 6.45) is 13.4. The predicted molar refractivity (Wildman–Crippen MR) is 77.4 cm³/mol. The van der Waals surface area contributed by atoms with Gasteiger partial charge in [-0.05, 0) is 43.8 Å². The second-order valence-corrected chi connectivity index (χ2v) is 4.75. The van der Waals surface area contributed by atoms with Crippen molar-refractivity contribution >= 4 is 6.29 Å². The van der Waals surface area contributed by atoms with Crippen molar-refractivity contribution in [2.24, 2.45) is 5.92 Å². The SMILES string of the molecule is CC[C@H](C)CC/C=C/C=C(\C)[C@@H](O)C/C=C/C=O. The maximum Gasteiger partial charge on any atom is 0.142 e. The molecule has 2 atom stereocenters. The fourth-order valence-electron chi connectivity index (χ4n) is 1.46. The predicted octanol–water partition coefficient (Wildman–Crippen LogP) is 3.82. The van der Waals surface area contributed by atoms with E-state index < -0.39 is 6.10 Å². The van der Waals surface area contributed by atoms with Gasteiger partial charge < -0.3 is 5.11 Å². The van der Waals surface area contributed by atoms with E-state index in [2.05, 4.69) is 19.9 Å². The van der Waals surface area contributed by atoms with E-state index >= 15 is 0 Å². The summed E-state index contributed by atoms with van der Waals surface area (Å²) < 4.78 is 0. The zero-order valence-electron chi connectivity index (χ0n) is 11.8. The van der Waals surface area contributed by atoms with Crippen molar-refractivity contribution in [3.8, 4) is 0 Å². The first kappa shape index (κ1) is 16.9. The number of hydrogen-bond donors (Lipinski definition) is 1. The smallest absolute Gasteiger partial charge is 0.142 e. The number of aliphatic hydroxyl groups excluding tert-OH is 1. The first-order valence-corrected chi connectivity index (χ1v) is 6.73. The molecule has 2 nitrogen and oxygen atoms in total. The molecule has 0 radical (unpaired) electrons. The fourth-order valence-corrected chi connectivity index (χ4v) is 1.46. The Morgan fingerprint density at radius 3 is 2.61 bits per heavy atom. The third kappa shape index (κ3) is 8.94. The van der Waals surface area contributed by atoms with Crippen LogP contribution < -0.4 is 0 Å². The van der Waals surface area contributed by atoms with Crippen LogP contribution in [0.25, 0.3) is 0 Å². The van der Waals surface area contributed by atoms with Gasteiger partial charge in [-0.1, -0.05) is 44.6 Å². The maximum atomic E-state index is 10.1. The van der Waals surface area contributed by atoms with Gasteiger partial charge in [-0.3, -0.25) is 4.79 Å². The molecule has 0 saturated heterocycles. The second kappa shape index (κ2) is 11.0. The standard InChI is InChI=1S/C16H26O2/c1-4-14(2)10-6-5-7-11-15(3)16(18)12-8-9-13-17/h5,7-9,11,13-14,16,18H,4,6,10,12H2,1-3H3/b7-5+,9-8+,15-11+/t14-,16-/m0/s1. The molecular weight excluding hydrogens is 224 g/mol. The summed E-state index contributed by atoms with van der Waals surface area (Å²) in [5.74, 6) is 0.777. The van der Waals surface area contributed by atoms with Crippen LogP contribution in [0.1, 0.15) is 46.5 Å². The largest absolute Gasteiger partial charge is 0.388 e. The van der Waals surface area contributed by atoms with E-state index in [1.807, 2.05) is 19.1 Å². The summed E-state index contributed by atoms with van der Waals surface area (Å²) in [6.45, 7) is 6.37. The highest BCUT2D eigenvalue weighted by atomic mass is 16.3. The van der Waals surface area contributed by atoms with Gasteiger partial charge in [0.25, 0.3) is 0 Å². The van der Waals surface area contributed by atoms with E-state index in [1.165, 1.54) is 18.9 Å². The molecule has 18 heavy (non-hydrogen) atoms. The first-order valence-electron chi connectivity index (χ1n) is 6.73. The van der Waals surface area contributed by atoms with Gasteiger partial charge in [-0.25, -0.2) is 0 Å². The van der Waals surface area contributed by atoms with Gasteiger partial charge in [0, 0.05) is 0 Å².